The van der Waals surface area contributed by atoms with E-state index in [1.54, 1.807) is 0 Å². The third kappa shape index (κ3) is 11.0. The quantitative estimate of drug-likeness (QED) is 0.118. The van der Waals surface area contributed by atoms with Crippen molar-refractivity contribution in [1.82, 2.24) is 0 Å². The van der Waals surface area contributed by atoms with Crippen LogP contribution in [-0.2, 0) is 0 Å². The van der Waals surface area contributed by atoms with Crippen LogP contribution in [0.2, 0.25) is 0 Å². The third-order valence-electron chi connectivity index (χ3n) is 24.1. The number of hydrogen-bond donors (Lipinski definition) is 0. The minimum atomic E-state index is 0.913. The molecule has 0 amide bonds. The summed E-state index contributed by atoms with van der Waals surface area (Å²) in [6.07, 6.45) is 0. The zero-order valence-corrected chi connectivity index (χ0v) is 63.6. The molecule has 22 aromatic carbocycles. The first-order chi connectivity index (χ1) is 58.1. The Bertz CT molecular complexity index is 8170. The molecule has 0 radical (unpaired) electrons. The normalized spacial score (nSPS) is 11.8. The molecular formula is C114H70O3. The van der Waals surface area contributed by atoms with E-state index in [0.29, 0.717) is 0 Å². The average molecular weight is 1490 g/mol. The molecule has 117 heavy (non-hydrogen) atoms. The van der Waals surface area contributed by atoms with Gasteiger partial charge in [-0.25, -0.2) is 0 Å². The van der Waals surface area contributed by atoms with Crippen molar-refractivity contribution in [3.8, 4) is 77.9 Å². The van der Waals surface area contributed by atoms with E-state index in [1.165, 1.54) is 186 Å². The summed E-state index contributed by atoms with van der Waals surface area (Å²) in [5.74, 6) is 0. The summed E-state index contributed by atoms with van der Waals surface area (Å²) in [6.45, 7) is 0. The predicted octanol–water partition coefficient (Wildman–Crippen LogP) is 32.8. The lowest BCUT2D eigenvalue weighted by atomic mass is 9.84. The van der Waals surface area contributed by atoms with Gasteiger partial charge in [0.25, 0.3) is 0 Å². The van der Waals surface area contributed by atoms with E-state index in [1.807, 2.05) is 24.3 Å². The van der Waals surface area contributed by atoms with Gasteiger partial charge in [0, 0.05) is 32.3 Å². The molecule has 3 aromatic heterocycles. The molecule has 3 heterocycles. The fourth-order valence-electron chi connectivity index (χ4n) is 19.2. The summed E-state index contributed by atoms with van der Waals surface area (Å²) in [7, 11) is 0. The molecule has 0 aliphatic rings. The van der Waals surface area contributed by atoms with Gasteiger partial charge in [-0.15, -0.1) is 0 Å². The van der Waals surface area contributed by atoms with Gasteiger partial charge in [0.2, 0.25) is 0 Å². The topological polar surface area (TPSA) is 39.4 Å². The van der Waals surface area contributed by atoms with E-state index in [0.717, 1.165) is 55.0 Å². The highest BCUT2D eigenvalue weighted by Gasteiger charge is 2.25. The van der Waals surface area contributed by atoms with Crippen LogP contribution in [0.4, 0.5) is 0 Å². The highest BCUT2D eigenvalue weighted by molar-refractivity contribution is 6.30. The van der Waals surface area contributed by atoms with Crippen molar-refractivity contribution in [3.05, 3.63) is 425 Å². The average Bonchev–Trinajstić information content (AvgIpc) is 1.58. The van der Waals surface area contributed by atoms with Gasteiger partial charge in [0.1, 0.15) is 33.5 Å². The van der Waals surface area contributed by atoms with Crippen LogP contribution in [0.1, 0.15) is 0 Å². The second kappa shape index (κ2) is 27.8. The molecule has 0 N–H and O–H groups in total. The van der Waals surface area contributed by atoms with Gasteiger partial charge in [0.05, 0.1) is 0 Å². The lowest BCUT2D eigenvalue weighted by Crippen LogP contribution is -1.92. The van der Waals surface area contributed by atoms with Gasteiger partial charge in [-0.05, 0) is 229 Å². The van der Waals surface area contributed by atoms with Gasteiger partial charge in [0.15, 0.2) is 0 Å². The van der Waals surface area contributed by atoms with Crippen molar-refractivity contribution < 1.29 is 13.3 Å². The molecule has 25 aromatic rings. The SMILES string of the molecule is c1cc(-c2c3ccccc3c(-c3cccc4oc5ccccc5c34)c3ccccc23)cc(-c2cc3ccccc3c3ccccc23)c1.c1ccc(-c2c3ccccc3c(-c3cccc4oc5ccccc5c34)c3ccccc23)cc1.c1ccc2cc(-c3c4ccccc4c(-c4cccc5oc6ccccc6c45)c4ccccc34)ccc2c1. The van der Waals surface area contributed by atoms with Crippen molar-refractivity contribution in [2.24, 2.45) is 0 Å². The van der Waals surface area contributed by atoms with Crippen LogP contribution in [0.5, 0.6) is 0 Å². The van der Waals surface area contributed by atoms with E-state index in [4.69, 9.17) is 13.3 Å². The summed E-state index contributed by atoms with van der Waals surface area (Å²) in [5.41, 5.74) is 22.9. The molecule has 0 bridgehead atoms. The lowest BCUT2D eigenvalue weighted by Gasteiger charge is -2.19. The lowest BCUT2D eigenvalue weighted by molar-refractivity contribution is 0.668. The first kappa shape index (κ1) is 67.3. The van der Waals surface area contributed by atoms with E-state index in [9.17, 15) is 0 Å². The summed E-state index contributed by atoms with van der Waals surface area (Å²) >= 11 is 0. The fourth-order valence-corrected chi connectivity index (χ4v) is 19.2. The summed E-state index contributed by atoms with van der Waals surface area (Å²) in [6, 6.07) is 152. The van der Waals surface area contributed by atoms with E-state index in [-0.39, 0.29) is 0 Å². The number of fused-ring (bicyclic) bond motifs is 19. The molecule has 0 aliphatic carbocycles. The monoisotopic (exact) mass is 1490 g/mol. The Balaban J connectivity index is 0.000000105. The Labute approximate surface area is 674 Å². The summed E-state index contributed by atoms with van der Waals surface area (Å²) in [4.78, 5) is 0. The maximum absolute atomic E-state index is 6.34. The van der Waals surface area contributed by atoms with Crippen LogP contribution < -0.4 is 0 Å². The number of rotatable bonds is 7. The Kier molecular flexibility index (Phi) is 16.0. The summed E-state index contributed by atoms with van der Waals surface area (Å²) < 4.78 is 18.8. The van der Waals surface area contributed by atoms with Crippen molar-refractivity contribution in [2.75, 3.05) is 0 Å². The molecule has 0 unspecified atom stereocenters. The molecule has 25 rings (SSSR count). The Morgan fingerprint density at radius 3 is 0.803 bits per heavy atom. The van der Waals surface area contributed by atoms with Crippen molar-refractivity contribution >= 4 is 163 Å². The van der Waals surface area contributed by atoms with Gasteiger partial charge in [-0.3, -0.25) is 0 Å². The number of hydrogen-bond acceptors (Lipinski definition) is 3. The Morgan fingerprint density at radius 1 is 0.120 bits per heavy atom. The van der Waals surface area contributed by atoms with E-state index >= 15 is 0 Å². The number of para-hydroxylation sites is 3. The maximum atomic E-state index is 6.34. The van der Waals surface area contributed by atoms with Crippen molar-refractivity contribution in [2.45, 2.75) is 0 Å². The van der Waals surface area contributed by atoms with Gasteiger partial charge in [-0.2, -0.15) is 0 Å². The van der Waals surface area contributed by atoms with Crippen molar-refractivity contribution in [1.29, 1.82) is 0 Å². The second-order valence-corrected chi connectivity index (χ2v) is 30.6. The Morgan fingerprint density at radius 2 is 0.393 bits per heavy atom. The van der Waals surface area contributed by atoms with E-state index < -0.39 is 0 Å². The van der Waals surface area contributed by atoms with Gasteiger partial charge < -0.3 is 13.3 Å². The zero-order chi connectivity index (χ0) is 77.0. The van der Waals surface area contributed by atoms with Crippen molar-refractivity contribution in [3.63, 3.8) is 0 Å². The molecule has 0 aliphatic heterocycles. The van der Waals surface area contributed by atoms with Crippen LogP contribution in [0.3, 0.4) is 0 Å². The molecule has 3 heteroatoms. The molecule has 3 nitrogen and oxygen atoms in total. The minimum absolute atomic E-state index is 0.913. The highest BCUT2D eigenvalue weighted by Crippen LogP contribution is 2.52. The first-order valence-corrected chi connectivity index (χ1v) is 40.2. The Hall–Kier alpha value is -15.4. The van der Waals surface area contributed by atoms with Crippen LogP contribution >= 0.6 is 0 Å². The molecular weight excluding hydrogens is 1420 g/mol. The van der Waals surface area contributed by atoms with Crippen LogP contribution in [0, 0.1) is 0 Å². The van der Waals surface area contributed by atoms with Gasteiger partial charge >= 0.3 is 0 Å². The zero-order valence-electron chi connectivity index (χ0n) is 63.6. The standard InChI is InChI=1S/C46H28O.C36H22O.C32H20O/c1-2-16-32-30(13-1)28-41(34-18-4-3-17-33(32)34)29-14-11-15-31(27-29)44-35-19-5-7-21-37(35)45(38-22-8-6-20-36(38)44)40-24-12-26-43-46(40)39-23-9-10-25-42(39)47-43;1-2-11-24-22-25(21-20-23(24)10-1)34-26-12-3-5-14-28(26)35(29-15-6-4-13-27(29)34)31-17-9-19-33-36(31)30-16-7-8-18-32(30)37-33;1-2-11-21(12-3-1)30-22-13-4-6-15-24(22)31(25-16-7-5-14-23(25)30)27-18-10-20-29-32(27)26-17-8-9-19-28(26)33-29/h1-28H;1-22H;1-20H. The molecule has 0 spiro atoms. The maximum Gasteiger partial charge on any atom is 0.136 e. The smallest absolute Gasteiger partial charge is 0.136 e. The van der Waals surface area contributed by atoms with Gasteiger partial charge in [-0.1, -0.05) is 370 Å². The largest absolute Gasteiger partial charge is 0.456 e. The minimum Gasteiger partial charge on any atom is -0.456 e. The molecule has 0 atom stereocenters. The molecule has 544 valence electrons. The molecule has 0 saturated carbocycles. The predicted molar refractivity (Wildman–Crippen MR) is 497 cm³/mol. The number of benzene rings is 22. The summed E-state index contributed by atoms with van der Waals surface area (Å²) in [5, 5.41) is 29.6. The fraction of sp³-hybridized carbons (Fsp3) is 0. The van der Waals surface area contributed by atoms with E-state index in [2.05, 4.69) is 400 Å². The van der Waals surface area contributed by atoms with Crippen LogP contribution in [0.15, 0.2) is 438 Å². The third-order valence-corrected chi connectivity index (χ3v) is 24.1. The number of furan rings is 3. The molecule has 0 fully saturated rings. The molecule has 0 saturated heterocycles. The van der Waals surface area contributed by atoms with Crippen LogP contribution in [0.25, 0.3) is 241 Å². The first-order valence-electron chi connectivity index (χ1n) is 40.2. The van der Waals surface area contributed by atoms with Crippen LogP contribution in [-0.4, -0.2) is 0 Å². The second-order valence-electron chi connectivity index (χ2n) is 30.6. The highest BCUT2D eigenvalue weighted by atomic mass is 16.3.